The van der Waals surface area contributed by atoms with E-state index in [0.29, 0.717) is 11.5 Å². The van der Waals surface area contributed by atoms with Crippen molar-refractivity contribution in [3.05, 3.63) is 113 Å². The molecule has 0 aliphatic carbocycles. The molecule has 1 fully saturated rings. The summed E-state index contributed by atoms with van der Waals surface area (Å²) in [5.41, 5.74) is 1.26. The zero-order valence-electron chi connectivity index (χ0n) is 38.1. The predicted octanol–water partition coefficient (Wildman–Crippen LogP) is 10.1. The Morgan fingerprint density at radius 1 is 0.937 bits per heavy atom. The number of quaternary nitrogens is 1. The first-order valence-corrected chi connectivity index (χ1v) is 23.2. The standard InChI is InChI=1S/C48H65N6O8P/c1-9-11-29-52(30-12-10-2)35-50-45-27-31-54(56,47(55)51-45)46-33-43(62-63(60-32-16-28-49)53(36(3)4)37(5)6)44(61-46)34-59-48(38-17-14-13-15-18-38,39-19-23-41(57-7)24-20-39)40-21-25-42(58-8)26-22-40/h13-15,17-27,31,35-37,43-44,46H,9-12,16,29-30,32-34H2,1-8H3/t43-,44+,46+,54?,63?/m0/s1. The highest BCUT2D eigenvalue weighted by Crippen LogP contribution is 2.50. The van der Waals surface area contributed by atoms with Crippen LogP contribution in [0, 0.1) is 16.5 Å². The van der Waals surface area contributed by atoms with E-state index in [1.807, 2.05) is 78.9 Å². The summed E-state index contributed by atoms with van der Waals surface area (Å²) >= 11 is 0. The summed E-state index contributed by atoms with van der Waals surface area (Å²) in [6.45, 7) is 14.3. The number of aliphatic imine (C=N–C) groups is 2. The van der Waals surface area contributed by atoms with Gasteiger partial charge in [0.15, 0.2) is 5.84 Å². The Morgan fingerprint density at radius 2 is 1.51 bits per heavy atom. The van der Waals surface area contributed by atoms with Crippen LogP contribution in [0.2, 0.25) is 0 Å². The van der Waals surface area contributed by atoms with E-state index in [9.17, 15) is 15.3 Å². The molecule has 5 rings (SSSR count). The average Bonchev–Trinajstić information content (AvgIpc) is 3.71. The van der Waals surface area contributed by atoms with Gasteiger partial charge in [-0.25, -0.2) is 19.1 Å². The fourth-order valence-electron chi connectivity index (χ4n) is 7.73. The van der Waals surface area contributed by atoms with Crippen LogP contribution in [0.25, 0.3) is 0 Å². The third-order valence-corrected chi connectivity index (χ3v) is 13.2. The number of hydroxylamine groups is 3. The maximum absolute atomic E-state index is 14.8. The lowest BCUT2D eigenvalue weighted by molar-refractivity contribution is -0.801. The van der Waals surface area contributed by atoms with Crippen molar-refractivity contribution in [2.75, 3.05) is 40.5 Å². The number of unbranched alkanes of at least 4 members (excludes halogenated alkanes) is 2. The van der Waals surface area contributed by atoms with Gasteiger partial charge in [-0.15, -0.1) is 4.99 Å². The van der Waals surface area contributed by atoms with Gasteiger partial charge in [0.25, 0.3) is 8.53 Å². The van der Waals surface area contributed by atoms with Crippen LogP contribution in [0.15, 0.2) is 101 Å². The second-order valence-corrected chi connectivity index (χ2v) is 17.5. The van der Waals surface area contributed by atoms with E-state index >= 15 is 0 Å². The Bertz CT molecular complexity index is 1950. The summed E-state index contributed by atoms with van der Waals surface area (Å²) in [6, 6.07) is 26.5. The van der Waals surface area contributed by atoms with E-state index in [4.69, 9.17) is 28.0 Å². The van der Waals surface area contributed by atoms with Gasteiger partial charge in [-0.3, -0.25) is 0 Å². The predicted molar refractivity (Wildman–Crippen MR) is 247 cm³/mol. The Hall–Kier alpha value is -4.55. The van der Waals surface area contributed by atoms with Crippen molar-refractivity contribution in [2.45, 2.75) is 116 Å². The second kappa shape index (κ2) is 23.9. The lowest BCUT2D eigenvalue weighted by Gasteiger charge is -2.39. The monoisotopic (exact) mass is 884 g/mol. The highest BCUT2D eigenvalue weighted by molar-refractivity contribution is 7.44. The third-order valence-electron chi connectivity index (χ3n) is 11.0. The molecule has 340 valence electrons. The first-order chi connectivity index (χ1) is 30.4. The number of amides is 2. The maximum atomic E-state index is 14.8. The van der Waals surface area contributed by atoms with Crippen molar-refractivity contribution < 1.29 is 37.4 Å². The second-order valence-electron chi connectivity index (χ2n) is 16.1. The average molecular weight is 885 g/mol. The van der Waals surface area contributed by atoms with Crippen molar-refractivity contribution >= 4 is 26.7 Å². The molecule has 15 heteroatoms. The molecule has 3 aromatic rings. The van der Waals surface area contributed by atoms with E-state index in [1.54, 1.807) is 20.6 Å². The number of rotatable bonds is 24. The molecule has 0 N–H and O–H groups in total. The zero-order chi connectivity index (χ0) is 45.4. The lowest BCUT2D eigenvalue weighted by Crippen LogP contribution is -2.51. The summed E-state index contributed by atoms with van der Waals surface area (Å²) in [7, 11) is 1.47. The number of ether oxygens (including phenoxy) is 4. The van der Waals surface area contributed by atoms with Gasteiger partial charge in [0.1, 0.15) is 35.5 Å². The fraction of sp³-hybridized carbons (Fsp3) is 0.500. The number of carbonyl (C=O) groups excluding carboxylic acids is 1. The molecule has 63 heavy (non-hydrogen) atoms. The number of nitriles is 1. The van der Waals surface area contributed by atoms with Crippen molar-refractivity contribution in [3.8, 4) is 17.6 Å². The molecule has 2 unspecified atom stereocenters. The van der Waals surface area contributed by atoms with Gasteiger partial charge in [0.2, 0.25) is 6.23 Å². The smallest absolute Gasteiger partial charge is 0.451 e. The third kappa shape index (κ3) is 12.4. The van der Waals surface area contributed by atoms with Gasteiger partial charge in [-0.2, -0.15) is 5.26 Å². The number of methoxy groups -OCH3 is 2. The molecule has 1 saturated heterocycles. The molecule has 0 bridgehead atoms. The van der Waals surface area contributed by atoms with Crippen molar-refractivity contribution in [1.29, 1.82) is 5.26 Å². The van der Waals surface area contributed by atoms with E-state index in [-0.39, 0.29) is 44.0 Å². The minimum atomic E-state index is -1.77. The molecule has 2 amide bonds. The van der Waals surface area contributed by atoms with Gasteiger partial charge in [-0.05, 0) is 81.5 Å². The summed E-state index contributed by atoms with van der Waals surface area (Å²) in [4.78, 5) is 24.7. The van der Waals surface area contributed by atoms with E-state index in [1.165, 1.54) is 12.3 Å². The minimum absolute atomic E-state index is 0.0135. The van der Waals surface area contributed by atoms with Gasteiger partial charge >= 0.3 is 6.03 Å². The van der Waals surface area contributed by atoms with Crippen molar-refractivity contribution in [2.24, 2.45) is 9.98 Å². The highest BCUT2D eigenvalue weighted by atomic mass is 31.2. The van der Waals surface area contributed by atoms with Crippen molar-refractivity contribution in [1.82, 2.24) is 9.57 Å². The molecule has 14 nitrogen and oxygen atoms in total. The number of hydrogen-bond donors (Lipinski definition) is 0. The molecule has 0 spiro atoms. The van der Waals surface area contributed by atoms with Crippen LogP contribution in [0.5, 0.6) is 11.5 Å². The van der Waals surface area contributed by atoms with E-state index in [0.717, 1.165) is 55.5 Å². The topological polar surface area (TPSA) is 150 Å². The zero-order valence-corrected chi connectivity index (χ0v) is 39.0. The summed E-state index contributed by atoms with van der Waals surface area (Å²) < 4.78 is 38.9. The SMILES string of the molecule is CCCCN(C=NC1=NC(=O)[N+]([O-])([C@H]2C[C@H](OP(OCCC#N)N(C(C)C)C(C)C)[C@@H](COC(c3ccccc3)(c3ccc(OC)cc3)c3ccc(OC)cc3)O2)C=C1)CCCC. The van der Waals surface area contributed by atoms with Crippen LogP contribution < -0.4 is 9.47 Å². The van der Waals surface area contributed by atoms with Gasteiger partial charge in [-0.1, -0.05) is 81.3 Å². The first-order valence-electron chi connectivity index (χ1n) is 22.0. The van der Waals surface area contributed by atoms with Crippen molar-refractivity contribution in [3.63, 3.8) is 0 Å². The quantitative estimate of drug-likeness (QED) is 0.0161. The summed E-state index contributed by atoms with van der Waals surface area (Å²) in [5.74, 6) is 1.51. The molecule has 0 aromatic heterocycles. The number of carbonyl (C=O) groups is 1. The molecule has 0 radical (unpaired) electrons. The minimum Gasteiger partial charge on any atom is -0.617 e. The maximum Gasteiger partial charge on any atom is 0.451 e. The molecule has 2 heterocycles. The molecule has 2 aliphatic heterocycles. The van der Waals surface area contributed by atoms with E-state index < -0.39 is 43.2 Å². The fourth-order valence-corrected chi connectivity index (χ4v) is 9.49. The molecular formula is C48H65N6O8P. The molecule has 5 atom stereocenters. The normalized spacial score (nSPS) is 20.7. The Balaban J connectivity index is 1.54. The Kier molecular flexibility index (Phi) is 18.8. The number of hydrogen-bond acceptors (Lipinski definition) is 11. The van der Waals surface area contributed by atoms with Gasteiger partial charge < -0.3 is 38.1 Å². The molecule has 3 aromatic carbocycles. The van der Waals surface area contributed by atoms with Gasteiger partial charge in [0, 0.05) is 31.2 Å². The number of amidine groups is 1. The van der Waals surface area contributed by atoms with Crippen LogP contribution in [0.3, 0.4) is 0 Å². The number of urea groups is 1. The van der Waals surface area contributed by atoms with E-state index in [2.05, 4.69) is 67.2 Å². The van der Waals surface area contributed by atoms with Crippen LogP contribution in [-0.2, 0) is 24.1 Å². The van der Waals surface area contributed by atoms with Crippen LogP contribution in [0.4, 0.5) is 4.79 Å². The van der Waals surface area contributed by atoms with Crippen LogP contribution in [-0.4, -0.2) is 103 Å². The molecule has 0 saturated carbocycles. The van der Waals surface area contributed by atoms with Crippen LogP contribution in [0.1, 0.15) is 96.8 Å². The number of nitrogens with zero attached hydrogens (tertiary/aromatic N) is 6. The lowest BCUT2D eigenvalue weighted by atomic mass is 9.80. The summed E-state index contributed by atoms with van der Waals surface area (Å²) in [5, 5.41) is 24.2. The molecular weight excluding hydrogens is 820 g/mol. The highest BCUT2D eigenvalue weighted by Gasteiger charge is 2.51. The Morgan fingerprint density at radius 3 is 2.02 bits per heavy atom. The number of benzene rings is 3. The summed E-state index contributed by atoms with van der Waals surface area (Å²) in [6.07, 6.45) is 5.89. The first kappa shape index (κ1) is 49.5. The van der Waals surface area contributed by atoms with Gasteiger partial charge in [0.05, 0.1) is 52.7 Å². The Labute approximate surface area is 375 Å². The largest absolute Gasteiger partial charge is 0.617 e. The van der Waals surface area contributed by atoms with Crippen LogP contribution >= 0.6 is 8.53 Å². The molecule has 2 aliphatic rings.